The van der Waals surface area contributed by atoms with Crippen molar-refractivity contribution < 1.29 is 23.0 Å². The first kappa shape index (κ1) is 20.1. The van der Waals surface area contributed by atoms with Gasteiger partial charge in [0.2, 0.25) is 5.13 Å². The summed E-state index contributed by atoms with van der Waals surface area (Å²) >= 11 is 1.35. The van der Waals surface area contributed by atoms with Crippen LogP contribution < -0.4 is 10.1 Å². The van der Waals surface area contributed by atoms with Crippen LogP contribution in [0.25, 0.3) is 0 Å². The fourth-order valence-electron chi connectivity index (χ4n) is 2.92. The van der Waals surface area contributed by atoms with Crippen LogP contribution in [0.15, 0.2) is 41.9 Å². The van der Waals surface area contributed by atoms with Crippen LogP contribution in [0.4, 0.5) is 19.7 Å². The molecule has 0 bridgehead atoms. The molecular formula is C19H17F2N5O3S. The van der Waals surface area contributed by atoms with Crippen molar-refractivity contribution >= 4 is 28.2 Å². The van der Waals surface area contributed by atoms with E-state index in [0.29, 0.717) is 35.9 Å². The average molecular weight is 433 g/mol. The number of rotatable bonds is 6. The zero-order chi connectivity index (χ0) is 20.9. The SMILES string of the molecule is O=C(COc1ccc(F)cc1F)N1CCOC(c2cccc(Nc3nncs3)n2)C1. The van der Waals surface area contributed by atoms with Gasteiger partial charge in [0.25, 0.3) is 5.91 Å². The van der Waals surface area contributed by atoms with E-state index in [1.807, 2.05) is 12.1 Å². The van der Waals surface area contributed by atoms with Gasteiger partial charge in [-0.15, -0.1) is 10.2 Å². The molecule has 11 heteroatoms. The third kappa shape index (κ3) is 4.86. The minimum Gasteiger partial charge on any atom is -0.481 e. The van der Waals surface area contributed by atoms with Crippen LogP contribution in [0.3, 0.4) is 0 Å². The second kappa shape index (κ2) is 9.09. The molecule has 1 atom stereocenters. The van der Waals surface area contributed by atoms with E-state index in [2.05, 4.69) is 20.5 Å². The van der Waals surface area contributed by atoms with E-state index < -0.39 is 17.7 Å². The second-order valence-corrected chi connectivity index (χ2v) is 7.21. The Hall–Kier alpha value is -3.18. The van der Waals surface area contributed by atoms with Crippen LogP contribution in [0.2, 0.25) is 0 Å². The predicted molar refractivity (Wildman–Crippen MR) is 105 cm³/mol. The Labute approximate surface area is 174 Å². The molecule has 0 aliphatic carbocycles. The summed E-state index contributed by atoms with van der Waals surface area (Å²) in [7, 11) is 0. The highest BCUT2D eigenvalue weighted by Crippen LogP contribution is 2.24. The lowest BCUT2D eigenvalue weighted by Gasteiger charge is -2.32. The number of aromatic nitrogens is 3. The van der Waals surface area contributed by atoms with Crippen molar-refractivity contribution in [2.75, 3.05) is 31.6 Å². The average Bonchev–Trinajstić information content (AvgIpc) is 3.26. The molecule has 0 radical (unpaired) electrons. The summed E-state index contributed by atoms with van der Waals surface area (Å²) in [5.41, 5.74) is 2.27. The van der Waals surface area contributed by atoms with E-state index in [0.717, 1.165) is 12.1 Å². The molecule has 1 amide bonds. The van der Waals surface area contributed by atoms with E-state index >= 15 is 0 Å². The second-order valence-electron chi connectivity index (χ2n) is 6.38. The Kier molecular flexibility index (Phi) is 6.10. The van der Waals surface area contributed by atoms with Crippen molar-refractivity contribution in [3.63, 3.8) is 0 Å². The van der Waals surface area contributed by atoms with Crippen LogP contribution in [0.5, 0.6) is 5.75 Å². The number of hydrogen-bond donors (Lipinski definition) is 1. The molecule has 1 saturated heterocycles. The Morgan fingerprint density at radius 2 is 2.23 bits per heavy atom. The minimum atomic E-state index is -0.855. The van der Waals surface area contributed by atoms with E-state index in [1.54, 1.807) is 16.5 Å². The summed E-state index contributed by atoms with van der Waals surface area (Å²) in [4.78, 5) is 18.6. The van der Waals surface area contributed by atoms with Crippen molar-refractivity contribution in [3.8, 4) is 5.75 Å². The number of halogens is 2. The first-order valence-corrected chi connectivity index (χ1v) is 9.94. The molecule has 1 aromatic carbocycles. The fourth-order valence-corrected chi connectivity index (χ4v) is 3.37. The summed E-state index contributed by atoms with van der Waals surface area (Å²) in [6.07, 6.45) is -0.415. The number of ether oxygens (including phenoxy) is 2. The summed E-state index contributed by atoms with van der Waals surface area (Å²) in [6.45, 7) is 0.634. The Bertz CT molecular complexity index is 1020. The molecule has 1 aliphatic heterocycles. The van der Waals surface area contributed by atoms with Gasteiger partial charge in [0, 0.05) is 12.6 Å². The van der Waals surface area contributed by atoms with Crippen molar-refractivity contribution in [1.82, 2.24) is 20.1 Å². The number of hydrogen-bond acceptors (Lipinski definition) is 8. The van der Waals surface area contributed by atoms with Crippen molar-refractivity contribution in [1.29, 1.82) is 0 Å². The van der Waals surface area contributed by atoms with Gasteiger partial charge < -0.3 is 19.7 Å². The molecule has 2 aromatic heterocycles. The van der Waals surface area contributed by atoms with E-state index in [1.165, 1.54) is 11.3 Å². The highest BCUT2D eigenvalue weighted by Gasteiger charge is 2.27. The van der Waals surface area contributed by atoms with Crippen LogP contribution >= 0.6 is 11.3 Å². The normalized spacial score (nSPS) is 16.3. The number of nitrogens with one attached hydrogen (secondary N) is 1. The lowest BCUT2D eigenvalue weighted by Crippen LogP contribution is -2.44. The summed E-state index contributed by atoms with van der Waals surface area (Å²) < 4.78 is 37.6. The van der Waals surface area contributed by atoms with Crippen LogP contribution in [-0.2, 0) is 9.53 Å². The lowest BCUT2D eigenvalue weighted by molar-refractivity contribution is -0.141. The van der Waals surface area contributed by atoms with Crippen LogP contribution in [-0.4, -0.2) is 52.3 Å². The van der Waals surface area contributed by atoms with E-state index in [9.17, 15) is 13.6 Å². The summed E-state index contributed by atoms with van der Waals surface area (Å²) in [6, 6.07) is 8.37. The molecule has 3 heterocycles. The molecule has 1 unspecified atom stereocenters. The molecule has 30 heavy (non-hydrogen) atoms. The highest BCUT2D eigenvalue weighted by molar-refractivity contribution is 7.13. The molecule has 3 aromatic rings. The quantitative estimate of drug-likeness (QED) is 0.639. The van der Waals surface area contributed by atoms with Gasteiger partial charge in [0.05, 0.1) is 18.8 Å². The molecule has 1 aliphatic rings. The number of anilines is 2. The first-order valence-electron chi connectivity index (χ1n) is 9.06. The molecule has 0 spiro atoms. The Morgan fingerprint density at radius 3 is 3.03 bits per heavy atom. The van der Waals surface area contributed by atoms with Gasteiger partial charge in [-0.3, -0.25) is 4.79 Å². The number of benzene rings is 1. The van der Waals surface area contributed by atoms with Gasteiger partial charge >= 0.3 is 0 Å². The number of nitrogens with zero attached hydrogens (tertiary/aromatic N) is 4. The van der Waals surface area contributed by atoms with E-state index in [-0.39, 0.29) is 24.8 Å². The molecule has 156 valence electrons. The minimum absolute atomic E-state index is 0.174. The van der Waals surface area contributed by atoms with Gasteiger partial charge in [0.15, 0.2) is 18.2 Å². The van der Waals surface area contributed by atoms with Crippen LogP contribution in [0.1, 0.15) is 11.8 Å². The Morgan fingerprint density at radius 1 is 1.33 bits per heavy atom. The number of amides is 1. The maximum Gasteiger partial charge on any atom is 0.260 e. The van der Waals surface area contributed by atoms with E-state index in [4.69, 9.17) is 9.47 Å². The highest BCUT2D eigenvalue weighted by atomic mass is 32.1. The third-order valence-electron chi connectivity index (χ3n) is 4.36. The number of carbonyl (C=O) groups is 1. The van der Waals surface area contributed by atoms with Crippen molar-refractivity contribution in [2.45, 2.75) is 6.10 Å². The van der Waals surface area contributed by atoms with Gasteiger partial charge in [-0.05, 0) is 24.3 Å². The van der Waals surface area contributed by atoms with Gasteiger partial charge in [-0.25, -0.2) is 13.8 Å². The smallest absolute Gasteiger partial charge is 0.260 e. The van der Waals surface area contributed by atoms with Gasteiger partial charge in [-0.2, -0.15) is 0 Å². The zero-order valence-corrected chi connectivity index (χ0v) is 16.4. The fraction of sp³-hybridized carbons (Fsp3) is 0.263. The molecule has 4 rings (SSSR count). The first-order chi connectivity index (χ1) is 14.6. The maximum atomic E-state index is 13.7. The van der Waals surface area contributed by atoms with Crippen molar-refractivity contribution in [3.05, 3.63) is 59.2 Å². The van der Waals surface area contributed by atoms with Crippen molar-refractivity contribution in [2.24, 2.45) is 0 Å². The molecule has 0 saturated carbocycles. The number of pyridine rings is 1. The standard InChI is InChI=1S/C19H17F2N5O3S/c20-12-4-5-15(13(21)8-12)29-10-18(27)26-6-7-28-16(9-26)14-2-1-3-17(23-14)24-19-25-22-11-30-19/h1-5,8,11,16H,6-7,9-10H2,(H,23,24,25). The summed E-state index contributed by atoms with van der Waals surface area (Å²) in [5, 5.41) is 11.4. The predicted octanol–water partition coefficient (Wildman–Crippen LogP) is 2.93. The number of carbonyl (C=O) groups excluding carboxylic acids is 1. The topological polar surface area (TPSA) is 89.5 Å². The van der Waals surface area contributed by atoms with Crippen LogP contribution in [0, 0.1) is 11.6 Å². The largest absolute Gasteiger partial charge is 0.481 e. The molecule has 8 nitrogen and oxygen atoms in total. The monoisotopic (exact) mass is 433 g/mol. The Balaban J connectivity index is 1.37. The molecule has 1 fully saturated rings. The summed E-state index contributed by atoms with van der Waals surface area (Å²) in [5.74, 6) is -1.47. The van der Waals surface area contributed by atoms with Gasteiger partial charge in [0.1, 0.15) is 23.2 Å². The number of morpholine rings is 1. The van der Waals surface area contributed by atoms with Gasteiger partial charge in [-0.1, -0.05) is 17.4 Å². The molecular weight excluding hydrogens is 416 g/mol. The third-order valence-corrected chi connectivity index (χ3v) is 4.97. The maximum absolute atomic E-state index is 13.7. The zero-order valence-electron chi connectivity index (χ0n) is 15.6. The lowest BCUT2D eigenvalue weighted by atomic mass is 10.2. The molecule has 1 N–H and O–H groups in total.